The van der Waals surface area contributed by atoms with E-state index < -0.39 is 11.9 Å². The van der Waals surface area contributed by atoms with Crippen molar-refractivity contribution in [2.24, 2.45) is 5.92 Å². The highest BCUT2D eigenvalue weighted by atomic mass is 79.9. The van der Waals surface area contributed by atoms with Crippen LogP contribution in [-0.2, 0) is 4.79 Å². The summed E-state index contributed by atoms with van der Waals surface area (Å²) in [7, 11) is 1.63. The summed E-state index contributed by atoms with van der Waals surface area (Å²) < 4.78 is 1.05. The molecule has 2 heterocycles. The Labute approximate surface area is 139 Å². The van der Waals surface area contributed by atoms with Crippen molar-refractivity contribution < 1.29 is 14.7 Å². The van der Waals surface area contributed by atoms with Crippen LogP contribution in [0.4, 0.5) is 0 Å². The molecule has 0 fully saturated rings. The molecule has 2 aromatic rings. The number of hydrogen-bond donors (Lipinski definition) is 1. The van der Waals surface area contributed by atoms with E-state index in [1.165, 1.54) is 16.2 Å². The predicted octanol–water partition coefficient (Wildman–Crippen LogP) is 4.03. The van der Waals surface area contributed by atoms with Gasteiger partial charge in [-0.3, -0.25) is 9.59 Å². The van der Waals surface area contributed by atoms with Gasteiger partial charge < -0.3 is 10.0 Å². The van der Waals surface area contributed by atoms with Gasteiger partial charge in [-0.25, -0.2) is 0 Å². The largest absolute Gasteiger partial charge is 0.481 e. The molecule has 4 nitrogen and oxygen atoms in total. The average molecular weight is 388 g/mol. The molecule has 0 bridgehead atoms. The zero-order chi connectivity index (χ0) is 15.6. The van der Waals surface area contributed by atoms with Crippen LogP contribution >= 0.6 is 38.6 Å². The van der Waals surface area contributed by atoms with E-state index >= 15 is 0 Å². The minimum Gasteiger partial charge on any atom is -0.481 e. The molecular weight excluding hydrogens is 374 g/mol. The number of carboxylic acid groups (broad SMARTS) is 1. The molecule has 1 amide bonds. The molecular formula is C14H14BrNO3S2. The smallest absolute Gasteiger partial charge is 0.308 e. The van der Waals surface area contributed by atoms with Gasteiger partial charge in [0.25, 0.3) is 5.91 Å². The van der Waals surface area contributed by atoms with Crippen molar-refractivity contribution in [2.75, 3.05) is 13.6 Å². The van der Waals surface area contributed by atoms with Crippen LogP contribution in [0.2, 0.25) is 0 Å². The van der Waals surface area contributed by atoms with Gasteiger partial charge in [0.1, 0.15) is 0 Å². The van der Waals surface area contributed by atoms with E-state index in [4.69, 9.17) is 5.11 Å². The van der Waals surface area contributed by atoms with Gasteiger partial charge >= 0.3 is 5.97 Å². The average Bonchev–Trinajstić information content (AvgIpc) is 3.05. The van der Waals surface area contributed by atoms with Gasteiger partial charge in [-0.2, -0.15) is 0 Å². The van der Waals surface area contributed by atoms with Crippen molar-refractivity contribution in [2.45, 2.75) is 6.92 Å². The summed E-state index contributed by atoms with van der Waals surface area (Å²) in [4.78, 5) is 27.4. The molecule has 0 saturated carbocycles. The summed E-state index contributed by atoms with van der Waals surface area (Å²) in [6.45, 7) is 1.79. The summed E-state index contributed by atoms with van der Waals surface area (Å²) in [5.74, 6) is -1.62. The molecule has 7 heteroatoms. The van der Waals surface area contributed by atoms with Crippen LogP contribution in [-0.4, -0.2) is 35.5 Å². The minimum absolute atomic E-state index is 0.144. The molecule has 21 heavy (non-hydrogen) atoms. The summed E-state index contributed by atoms with van der Waals surface area (Å²) in [5, 5.41) is 8.90. The van der Waals surface area contributed by atoms with E-state index in [1.54, 1.807) is 31.4 Å². The number of thiophene rings is 2. The molecule has 0 saturated heterocycles. The second-order valence-electron chi connectivity index (χ2n) is 4.69. The Balaban J connectivity index is 2.10. The Morgan fingerprint density at radius 1 is 1.24 bits per heavy atom. The molecule has 1 N–H and O–H groups in total. The molecule has 0 aliphatic rings. The molecule has 0 aliphatic heterocycles. The van der Waals surface area contributed by atoms with Crippen molar-refractivity contribution in [3.8, 4) is 9.75 Å². The van der Waals surface area contributed by atoms with E-state index in [1.807, 2.05) is 18.2 Å². The summed E-state index contributed by atoms with van der Waals surface area (Å²) in [6, 6.07) is 7.69. The van der Waals surface area contributed by atoms with E-state index in [0.717, 1.165) is 13.5 Å². The number of carboxylic acids is 1. The maximum atomic E-state index is 12.3. The highest BCUT2D eigenvalue weighted by Gasteiger charge is 2.20. The fourth-order valence-corrected chi connectivity index (χ4v) is 4.27. The van der Waals surface area contributed by atoms with Gasteiger partial charge in [-0.1, -0.05) is 6.92 Å². The van der Waals surface area contributed by atoms with Crippen LogP contribution in [0.3, 0.4) is 0 Å². The second kappa shape index (κ2) is 6.72. The lowest BCUT2D eigenvalue weighted by atomic mass is 10.2. The van der Waals surface area contributed by atoms with E-state index in [0.29, 0.717) is 4.88 Å². The van der Waals surface area contributed by atoms with Gasteiger partial charge in [-0.15, -0.1) is 22.7 Å². The lowest BCUT2D eigenvalue weighted by molar-refractivity contribution is -0.141. The molecule has 1 unspecified atom stereocenters. The van der Waals surface area contributed by atoms with Crippen molar-refractivity contribution in [3.63, 3.8) is 0 Å². The number of carbonyl (C=O) groups excluding carboxylic acids is 1. The summed E-state index contributed by atoms with van der Waals surface area (Å²) in [5.41, 5.74) is 0. The number of aliphatic carboxylic acids is 1. The van der Waals surface area contributed by atoms with Gasteiger partial charge in [0, 0.05) is 23.3 Å². The van der Waals surface area contributed by atoms with Crippen LogP contribution < -0.4 is 0 Å². The van der Waals surface area contributed by atoms with Crippen molar-refractivity contribution in [1.82, 2.24) is 4.90 Å². The van der Waals surface area contributed by atoms with Gasteiger partial charge in [0.2, 0.25) is 0 Å². The molecule has 112 valence electrons. The van der Waals surface area contributed by atoms with E-state index in [9.17, 15) is 9.59 Å². The van der Waals surface area contributed by atoms with Crippen molar-refractivity contribution in [3.05, 3.63) is 32.9 Å². The van der Waals surface area contributed by atoms with Gasteiger partial charge in [0.15, 0.2) is 0 Å². The van der Waals surface area contributed by atoms with Crippen LogP contribution in [0.1, 0.15) is 16.6 Å². The highest BCUT2D eigenvalue weighted by molar-refractivity contribution is 9.11. The van der Waals surface area contributed by atoms with Crippen molar-refractivity contribution in [1.29, 1.82) is 0 Å². The first-order chi connectivity index (χ1) is 9.88. The van der Waals surface area contributed by atoms with E-state index in [-0.39, 0.29) is 12.5 Å². The zero-order valence-corrected chi connectivity index (χ0v) is 14.7. The fourth-order valence-electron chi connectivity index (χ4n) is 1.79. The monoisotopic (exact) mass is 387 g/mol. The number of carbonyl (C=O) groups is 2. The lowest BCUT2D eigenvalue weighted by Gasteiger charge is -2.18. The van der Waals surface area contributed by atoms with Crippen LogP contribution in [0.25, 0.3) is 9.75 Å². The first-order valence-electron chi connectivity index (χ1n) is 6.22. The Morgan fingerprint density at radius 2 is 1.86 bits per heavy atom. The van der Waals surface area contributed by atoms with Gasteiger partial charge in [-0.05, 0) is 40.2 Å². The summed E-state index contributed by atoms with van der Waals surface area (Å²) in [6.07, 6.45) is 0. The highest BCUT2D eigenvalue weighted by Crippen LogP contribution is 2.35. The molecule has 1 atom stereocenters. The third-order valence-electron chi connectivity index (χ3n) is 2.95. The number of hydrogen-bond acceptors (Lipinski definition) is 4. The molecule has 0 radical (unpaired) electrons. The Hall–Kier alpha value is -1.18. The number of rotatable bonds is 5. The molecule has 0 aliphatic carbocycles. The normalized spacial score (nSPS) is 12.1. The standard InChI is InChI=1S/C14H14BrNO3S2/c1-8(14(18)19)7-16(2)13(17)11-4-3-9(20-11)10-5-6-12(15)21-10/h3-6,8H,7H2,1-2H3,(H,18,19). The third kappa shape index (κ3) is 3.93. The second-order valence-corrected chi connectivity index (χ2v) is 8.24. The molecule has 0 aromatic carbocycles. The zero-order valence-electron chi connectivity index (χ0n) is 11.5. The van der Waals surface area contributed by atoms with Crippen LogP contribution in [0.15, 0.2) is 28.1 Å². The van der Waals surface area contributed by atoms with Crippen molar-refractivity contribution >= 4 is 50.5 Å². The van der Waals surface area contributed by atoms with Crippen LogP contribution in [0.5, 0.6) is 0 Å². The molecule has 2 aromatic heterocycles. The van der Waals surface area contributed by atoms with E-state index in [2.05, 4.69) is 15.9 Å². The Kier molecular flexibility index (Phi) is 5.18. The number of halogens is 1. The maximum absolute atomic E-state index is 12.3. The van der Waals surface area contributed by atoms with Crippen LogP contribution in [0, 0.1) is 5.92 Å². The first kappa shape index (κ1) is 16.2. The SMILES string of the molecule is CC(CN(C)C(=O)c1ccc(-c2ccc(Br)s2)s1)C(=O)O. The Morgan fingerprint density at radius 3 is 2.43 bits per heavy atom. The third-order valence-corrected chi connectivity index (χ3v) is 5.84. The Bertz CT molecular complexity index is 665. The summed E-state index contributed by atoms with van der Waals surface area (Å²) >= 11 is 6.46. The fraction of sp³-hybridized carbons (Fsp3) is 0.286. The topological polar surface area (TPSA) is 57.6 Å². The quantitative estimate of drug-likeness (QED) is 0.842. The lowest BCUT2D eigenvalue weighted by Crippen LogP contribution is -2.33. The first-order valence-corrected chi connectivity index (χ1v) is 8.65. The predicted molar refractivity (Wildman–Crippen MR) is 89.1 cm³/mol. The number of nitrogens with zero attached hydrogens (tertiary/aromatic N) is 1. The maximum Gasteiger partial charge on any atom is 0.308 e. The minimum atomic E-state index is -0.898. The number of amides is 1. The molecule has 0 spiro atoms. The molecule has 2 rings (SSSR count). The van der Waals surface area contributed by atoms with Gasteiger partial charge in [0.05, 0.1) is 14.6 Å².